The van der Waals surface area contributed by atoms with Crippen molar-refractivity contribution in [1.29, 1.82) is 0 Å². The normalized spacial score (nSPS) is 15.0. The predicted octanol–water partition coefficient (Wildman–Crippen LogP) is 2.22. The first-order valence-corrected chi connectivity index (χ1v) is 9.34. The zero-order chi connectivity index (χ0) is 21.5. The molecule has 2 heterocycles. The highest BCUT2D eigenvalue weighted by atomic mass is 16.5. The van der Waals surface area contributed by atoms with Crippen molar-refractivity contribution >= 4 is 11.5 Å². The number of esters is 1. The zero-order valence-corrected chi connectivity index (χ0v) is 17.4. The van der Waals surface area contributed by atoms with Gasteiger partial charge in [0.15, 0.2) is 5.60 Å². The lowest BCUT2D eigenvalue weighted by Crippen LogP contribution is -2.23. The van der Waals surface area contributed by atoms with Gasteiger partial charge in [0, 0.05) is 42.4 Å². The van der Waals surface area contributed by atoms with Gasteiger partial charge in [-0.3, -0.25) is 4.79 Å². The molecule has 3 rings (SSSR count). The second-order valence-corrected chi connectivity index (χ2v) is 7.74. The fraction of sp³-hybridized carbons (Fsp3) is 0.409. The molecule has 0 bridgehead atoms. The minimum atomic E-state index is -1.56. The standard InChI is InChI=1S/C22H24N2O5/c1-12(2)28-21(26)18-13(3)9-16-19(18)15(11-24(6)20(16)25)7-8-22(5,27)17-10-14(4)29-23-17/h10-12,27H,9H2,1-6H3/t22-/m1/s1. The number of carbonyl (C=O) groups excluding carboxylic acids is 1. The van der Waals surface area contributed by atoms with E-state index in [2.05, 4.69) is 17.0 Å². The number of aryl methyl sites for hydroxylation is 2. The minimum absolute atomic E-state index is 0.184. The van der Waals surface area contributed by atoms with E-state index < -0.39 is 11.6 Å². The lowest BCUT2D eigenvalue weighted by molar-refractivity contribution is -0.140. The van der Waals surface area contributed by atoms with Crippen molar-refractivity contribution in [2.75, 3.05) is 0 Å². The molecule has 7 nitrogen and oxygen atoms in total. The van der Waals surface area contributed by atoms with Gasteiger partial charge in [-0.2, -0.15) is 0 Å². The molecule has 0 aliphatic heterocycles. The molecular weight excluding hydrogens is 372 g/mol. The van der Waals surface area contributed by atoms with Gasteiger partial charge in [0.2, 0.25) is 0 Å². The first-order valence-electron chi connectivity index (χ1n) is 9.34. The third-order valence-corrected chi connectivity index (χ3v) is 4.71. The monoisotopic (exact) mass is 396 g/mol. The maximum Gasteiger partial charge on any atom is 0.339 e. The molecule has 0 saturated carbocycles. The Kier molecular flexibility index (Phi) is 5.24. The van der Waals surface area contributed by atoms with Gasteiger partial charge in [0.1, 0.15) is 11.5 Å². The average Bonchev–Trinajstić information content (AvgIpc) is 3.20. The number of aromatic nitrogens is 2. The first-order chi connectivity index (χ1) is 13.5. The molecule has 29 heavy (non-hydrogen) atoms. The Morgan fingerprint density at radius 1 is 1.41 bits per heavy atom. The smallest absolute Gasteiger partial charge is 0.339 e. The van der Waals surface area contributed by atoms with Gasteiger partial charge in [0.05, 0.1) is 11.7 Å². The number of rotatable bonds is 3. The molecule has 1 aliphatic carbocycles. The predicted molar refractivity (Wildman–Crippen MR) is 107 cm³/mol. The molecule has 0 saturated heterocycles. The summed E-state index contributed by atoms with van der Waals surface area (Å²) in [5.74, 6) is 5.80. The van der Waals surface area contributed by atoms with Crippen LogP contribution in [0.25, 0.3) is 5.57 Å². The van der Waals surface area contributed by atoms with E-state index in [1.54, 1.807) is 40.1 Å². The quantitative estimate of drug-likeness (QED) is 0.632. The van der Waals surface area contributed by atoms with Crippen LogP contribution in [-0.4, -0.2) is 26.9 Å². The Labute approximate surface area is 169 Å². The number of nitrogens with zero attached hydrogens (tertiary/aromatic N) is 2. The van der Waals surface area contributed by atoms with Crippen molar-refractivity contribution in [3.8, 4) is 11.8 Å². The third kappa shape index (κ3) is 3.89. The summed E-state index contributed by atoms with van der Waals surface area (Å²) in [7, 11) is 1.63. The van der Waals surface area contributed by atoms with Crippen LogP contribution < -0.4 is 5.56 Å². The molecule has 0 spiro atoms. The Balaban J connectivity index is 2.14. The minimum Gasteiger partial charge on any atom is -0.459 e. The van der Waals surface area contributed by atoms with Crippen LogP contribution >= 0.6 is 0 Å². The molecule has 0 radical (unpaired) electrons. The summed E-state index contributed by atoms with van der Waals surface area (Å²) in [4.78, 5) is 25.3. The van der Waals surface area contributed by atoms with Gasteiger partial charge >= 0.3 is 5.97 Å². The fourth-order valence-corrected chi connectivity index (χ4v) is 3.31. The number of aliphatic hydroxyl groups is 1. The van der Waals surface area contributed by atoms with Crippen molar-refractivity contribution in [1.82, 2.24) is 9.72 Å². The number of pyridine rings is 1. The Morgan fingerprint density at radius 2 is 2.10 bits per heavy atom. The van der Waals surface area contributed by atoms with Crippen LogP contribution in [0, 0.1) is 18.8 Å². The van der Waals surface area contributed by atoms with Crippen molar-refractivity contribution in [3.05, 3.63) is 56.3 Å². The summed E-state index contributed by atoms with van der Waals surface area (Å²) in [5.41, 5.74) is 1.13. The summed E-state index contributed by atoms with van der Waals surface area (Å²) in [6.45, 7) is 8.58. The lowest BCUT2D eigenvalue weighted by Gasteiger charge is -2.14. The summed E-state index contributed by atoms with van der Waals surface area (Å²) in [6, 6.07) is 1.61. The number of fused-ring (bicyclic) bond motifs is 1. The molecule has 0 unspecified atom stereocenters. The summed E-state index contributed by atoms with van der Waals surface area (Å²) in [6.07, 6.45) is 1.64. The molecular formula is C22H24N2O5. The summed E-state index contributed by atoms with van der Waals surface area (Å²) >= 11 is 0. The molecule has 2 aromatic rings. The maximum absolute atomic E-state index is 12.7. The molecule has 0 amide bonds. The number of carbonyl (C=O) groups is 1. The van der Waals surface area contributed by atoms with Crippen LogP contribution in [0.3, 0.4) is 0 Å². The lowest BCUT2D eigenvalue weighted by atomic mass is 9.98. The van der Waals surface area contributed by atoms with E-state index in [0.717, 1.165) is 5.57 Å². The van der Waals surface area contributed by atoms with Crippen LogP contribution in [0.1, 0.15) is 55.8 Å². The van der Waals surface area contributed by atoms with Crippen molar-refractivity contribution in [2.45, 2.75) is 52.7 Å². The summed E-state index contributed by atoms with van der Waals surface area (Å²) in [5, 5.41) is 14.5. The van der Waals surface area contributed by atoms with E-state index in [9.17, 15) is 14.7 Å². The van der Waals surface area contributed by atoms with Gasteiger partial charge in [-0.25, -0.2) is 4.79 Å². The van der Waals surface area contributed by atoms with E-state index in [1.165, 1.54) is 11.5 Å². The second-order valence-electron chi connectivity index (χ2n) is 7.74. The Morgan fingerprint density at radius 3 is 2.69 bits per heavy atom. The molecule has 1 aliphatic rings. The third-order valence-electron chi connectivity index (χ3n) is 4.71. The van der Waals surface area contributed by atoms with Crippen LogP contribution in [-0.2, 0) is 28.6 Å². The van der Waals surface area contributed by atoms with Gasteiger partial charge < -0.3 is 18.9 Å². The Bertz CT molecular complexity index is 1140. The zero-order valence-electron chi connectivity index (χ0n) is 17.4. The van der Waals surface area contributed by atoms with Gasteiger partial charge in [0.25, 0.3) is 5.56 Å². The molecule has 7 heteroatoms. The fourth-order valence-electron chi connectivity index (χ4n) is 3.31. The highest BCUT2D eigenvalue weighted by molar-refractivity contribution is 6.20. The second kappa shape index (κ2) is 7.37. The largest absolute Gasteiger partial charge is 0.459 e. The van der Waals surface area contributed by atoms with Crippen molar-refractivity contribution in [2.24, 2.45) is 7.05 Å². The highest BCUT2D eigenvalue weighted by Crippen LogP contribution is 2.34. The Hall–Kier alpha value is -3.11. The van der Waals surface area contributed by atoms with Gasteiger partial charge in [-0.15, -0.1) is 0 Å². The van der Waals surface area contributed by atoms with Gasteiger partial charge in [-0.05, 0) is 34.6 Å². The molecule has 0 fully saturated rings. The van der Waals surface area contributed by atoms with Crippen LogP contribution in [0.5, 0.6) is 0 Å². The van der Waals surface area contributed by atoms with Gasteiger partial charge in [-0.1, -0.05) is 22.6 Å². The molecule has 1 atom stereocenters. The van der Waals surface area contributed by atoms with Crippen LogP contribution in [0.15, 0.2) is 27.2 Å². The van der Waals surface area contributed by atoms with E-state index >= 15 is 0 Å². The molecule has 2 aromatic heterocycles. The first kappa shape index (κ1) is 20.6. The van der Waals surface area contributed by atoms with Crippen LogP contribution in [0.2, 0.25) is 0 Å². The summed E-state index contributed by atoms with van der Waals surface area (Å²) < 4.78 is 11.8. The topological polar surface area (TPSA) is 94.6 Å². The number of hydrogen-bond donors (Lipinski definition) is 1. The number of hydrogen-bond acceptors (Lipinski definition) is 6. The molecule has 152 valence electrons. The van der Waals surface area contributed by atoms with E-state index in [1.807, 2.05) is 6.92 Å². The van der Waals surface area contributed by atoms with Crippen molar-refractivity contribution < 1.29 is 19.2 Å². The van der Waals surface area contributed by atoms with Crippen LogP contribution in [0.4, 0.5) is 0 Å². The average molecular weight is 396 g/mol. The highest BCUT2D eigenvalue weighted by Gasteiger charge is 2.31. The number of allylic oxidation sites excluding steroid dienone is 1. The molecule has 0 aromatic carbocycles. The number of ether oxygens (including phenoxy) is 1. The van der Waals surface area contributed by atoms with E-state index in [0.29, 0.717) is 34.4 Å². The van der Waals surface area contributed by atoms with E-state index in [-0.39, 0.29) is 17.4 Å². The molecule has 1 N–H and O–H groups in total. The SMILES string of the molecule is CC1=C(C(=O)OC(C)C)c2c(C#C[C@@](C)(O)c3cc(C)on3)cn(C)c(=O)c2C1. The van der Waals surface area contributed by atoms with E-state index in [4.69, 9.17) is 9.26 Å². The van der Waals surface area contributed by atoms with Crippen molar-refractivity contribution in [3.63, 3.8) is 0 Å². The maximum atomic E-state index is 12.7.